The third kappa shape index (κ3) is 2.02. The molecule has 6 heteroatoms. The number of aromatic nitrogens is 1. The fraction of sp³-hybridized carbons (Fsp3) is 0.667. The summed E-state index contributed by atoms with van der Waals surface area (Å²) in [5.41, 5.74) is 0.811. The summed E-state index contributed by atoms with van der Waals surface area (Å²) in [7, 11) is 0. The van der Waals surface area contributed by atoms with E-state index in [0.717, 1.165) is 44.8 Å². The maximum atomic E-state index is 12.2. The lowest BCUT2D eigenvalue weighted by atomic mass is 10.1. The first-order chi connectivity index (χ1) is 8.75. The minimum Gasteiger partial charge on any atom is -0.351 e. The van der Waals surface area contributed by atoms with Gasteiger partial charge in [-0.2, -0.15) is 0 Å². The van der Waals surface area contributed by atoms with Crippen LogP contribution in [0.2, 0.25) is 0 Å². The Bertz CT molecular complexity index is 433. The second kappa shape index (κ2) is 4.70. The van der Waals surface area contributed by atoms with Crippen LogP contribution in [0.5, 0.6) is 0 Å². The first-order valence-electron chi connectivity index (χ1n) is 6.41. The summed E-state index contributed by atoms with van der Waals surface area (Å²) >= 11 is 0. The fourth-order valence-corrected chi connectivity index (χ4v) is 2.46. The van der Waals surface area contributed by atoms with Crippen LogP contribution < -0.4 is 5.32 Å². The van der Waals surface area contributed by atoms with Crippen molar-refractivity contribution in [1.29, 1.82) is 0 Å². The van der Waals surface area contributed by atoms with Crippen molar-refractivity contribution in [2.45, 2.75) is 13.0 Å². The summed E-state index contributed by atoms with van der Waals surface area (Å²) in [5.74, 6) is 0.352. The van der Waals surface area contributed by atoms with E-state index in [2.05, 4.69) is 15.4 Å². The molecule has 2 aliphatic heterocycles. The monoisotopic (exact) mass is 250 g/mol. The molecule has 0 atom stereocenters. The van der Waals surface area contributed by atoms with E-state index >= 15 is 0 Å². The summed E-state index contributed by atoms with van der Waals surface area (Å²) < 4.78 is 5.02. The molecule has 0 spiro atoms. The van der Waals surface area contributed by atoms with Gasteiger partial charge in [0.25, 0.3) is 5.91 Å². The molecule has 1 aromatic rings. The highest BCUT2D eigenvalue weighted by atomic mass is 16.5. The summed E-state index contributed by atoms with van der Waals surface area (Å²) in [6, 6.07) is 0.661. The Hall–Kier alpha value is -1.40. The molecule has 2 saturated heterocycles. The van der Waals surface area contributed by atoms with Gasteiger partial charge < -0.3 is 14.7 Å². The van der Waals surface area contributed by atoms with E-state index in [9.17, 15) is 4.79 Å². The molecule has 0 aliphatic carbocycles. The molecule has 2 fully saturated rings. The minimum atomic E-state index is -0.0311. The van der Waals surface area contributed by atoms with Crippen molar-refractivity contribution >= 4 is 5.91 Å². The van der Waals surface area contributed by atoms with Crippen molar-refractivity contribution in [1.82, 2.24) is 20.3 Å². The summed E-state index contributed by atoms with van der Waals surface area (Å²) in [4.78, 5) is 16.5. The average molecular weight is 250 g/mol. The second-order valence-electron chi connectivity index (χ2n) is 4.98. The number of amides is 1. The molecule has 1 aromatic heterocycles. The molecule has 1 amide bonds. The third-order valence-electron chi connectivity index (χ3n) is 3.82. The van der Waals surface area contributed by atoms with Gasteiger partial charge in [0.2, 0.25) is 5.76 Å². The van der Waals surface area contributed by atoms with Gasteiger partial charge in [0.05, 0.1) is 6.20 Å². The molecular weight excluding hydrogens is 232 g/mol. The number of nitrogens with zero attached hydrogens (tertiary/aromatic N) is 3. The number of nitrogens with one attached hydrogen (secondary N) is 1. The number of carbonyl (C=O) groups excluding carboxylic acids is 1. The molecule has 0 aromatic carbocycles. The van der Waals surface area contributed by atoms with E-state index in [0.29, 0.717) is 11.8 Å². The molecule has 3 rings (SSSR count). The number of carbonyl (C=O) groups is 1. The van der Waals surface area contributed by atoms with Crippen LogP contribution in [0.1, 0.15) is 16.1 Å². The zero-order valence-electron chi connectivity index (χ0n) is 10.6. The van der Waals surface area contributed by atoms with Gasteiger partial charge in [0.1, 0.15) is 0 Å². The van der Waals surface area contributed by atoms with Crippen molar-refractivity contribution in [3.8, 4) is 0 Å². The first kappa shape index (κ1) is 11.7. The van der Waals surface area contributed by atoms with Crippen molar-refractivity contribution in [2.75, 3.05) is 39.3 Å². The highest BCUT2D eigenvalue weighted by Gasteiger charge is 2.30. The number of aryl methyl sites for hydroxylation is 1. The zero-order valence-corrected chi connectivity index (χ0v) is 10.6. The highest BCUT2D eigenvalue weighted by molar-refractivity contribution is 5.92. The van der Waals surface area contributed by atoms with Crippen molar-refractivity contribution in [2.24, 2.45) is 0 Å². The van der Waals surface area contributed by atoms with Gasteiger partial charge >= 0.3 is 0 Å². The Kier molecular flexibility index (Phi) is 3.05. The Morgan fingerprint density at radius 2 is 2.11 bits per heavy atom. The number of rotatable bonds is 2. The molecule has 6 nitrogen and oxygen atoms in total. The molecule has 18 heavy (non-hydrogen) atoms. The Morgan fingerprint density at radius 3 is 2.61 bits per heavy atom. The van der Waals surface area contributed by atoms with Crippen LogP contribution in [0.15, 0.2) is 10.7 Å². The van der Waals surface area contributed by atoms with E-state index < -0.39 is 0 Å². The average Bonchev–Trinajstić information content (AvgIpc) is 2.73. The molecule has 2 aliphatic rings. The maximum Gasteiger partial charge on any atom is 0.292 e. The largest absolute Gasteiger partial charge is 0.351 e. The number of hydrogen-bond donors (Lipinski definition) is 1. The minimum absolute atomic E-state index is 0.0311. The summed E-state index contributed by atoms with van der Waals surface area (Å²) in [6.07, 6.45) is 1.59. The van der Waals surface area contributed by atoms with Gasteiger partial charge in [-0.15, -0.1) is 0 Å². The molecule has 0 bridgehead atoms. The van der Waals surface area contributed by atoms with Crippen molar-refractivity contribution < 1.29 is 9.32 Å². The second-order valence-corrected chi connectivity index (χ2v) is 4.98. The summed E-state index contributed by atoms with van der Waals surface area (Å²) in [5, 5.41) is 6.94. The Labute approximate surface area is 106 Å². The lowest BCUT2D eigenvalue weighted by Crippen LogP contribution is -2.62. The summed E-state index contributed by atoms with van der Waals surface area (Å²) in [6.45, 7) is 7.45. The Balaban J connectivity index is 1.59. The van der Waals surface area contributed by atoms with E-state index in [1.807, 2.05) is 11.8 Å². The van der Waals surface area contributed by atoms with Crippen molar-refractivity contribution in [3.05, 3.63) is 17.5 Å². The van der Waals surface area contributed by atoms with Crippen LogP contribution in [-0.4, -0.2) is 66.2 Å². The first-order valence-corrected chi connectivity index (χ1v) is 6.41. The van der Waals surface area contributed by atoms with Crippen LogP contribution >= 0.6 is 0 Å². The van der Waals surface area contributed by atoms with Crippen molar-refractivity contribution in [3.63, 3.8) is 0 Å². The van der Waals surface area contributed by atoms with Gasteiger partial charge in [-0.3, -0.25) is 9.69 Å². The Morgan fingerprint density at radius 1 is 1.39 bits per heavy atom. The highest BCUT2D eigenvalue weighted by Crippen LogP contribution is 2.14. The molecule has 0 saturated carbocycles. The lowest BCUT2D eigenvalue weighted by Gasteiger charge is -2.43. The molecule has 0 radical (unpaired) electrons. The maximum absolute atomic E-state index is 12.2. The normalized spacial score (nSPS) is 21.9. The molecule has 3 heterocycles. The van der Waals surface area contributed by atoms with Gasteiger partial charge in [-0.25, -0.2) is 0 Å². The van der Waals surface area contributed by atoms with Gasteiger partial charge in [-0.05, 0) is 6.92 Å². The topological polar surface area (TPSA) is 61.6 Å². The zero-order chi connectivity index (χ0) is 12.5. The van der Waals surface area contributed by atoms with Crippen LogP contribution in [0.3, 0.4) is 0 Å². The van der Waals surface area contributed by atoms with Crippen LogP contribution in [0, 0.1) is 6.92 Å². The van der Waals surface area contributed by atoms with E-state index in [1.54, 1.807) is 6.20 Å². The van der Waals surface area contributed by atoms with Crippen LogP contribution in [0.4, 0.5) is 0 Å². The van der Waals surface area contributed by atoms with Gasteiger partial charge in [0, 0.05) is 50.9 Å². The fourth-order valence-electron chi connectivity index (χ4n) is 2.46. The quantitative estimate of drug-likeness (QED) is 0.781. The SMILES string of the molecule is Cc1cnoc1C(=O)N1CCN(C2CNC2)CC1. The van der Waals surface area contributed by atoms with E-state index in [1.165, 1.54) is 0 Å². The predicted molar refractivity (Wildman–Crippen MR) is 65.4 cm³/mol. The molecule has 1 N–H and O–H groups in total. The predicted octanol–water partition coefficient (Wildman–Crippen LogP) is -0.287. The number of hydrogen-bond acceptors (Lipinski definition) is 5. The van der Waals surface area contributed by atoms with Crippen LogP contribution in [-0.2, 0) is 0 Å². The van der Waals surface area contributed by atoms with Gasteiger partial charge in [-0.1, -0.05) is 5.16 Å². The molecule has 98 valence electrons. The van der Waals surface area contributed by atoms with E-state index in [-0.39, 0.29) is 5.91 Å². The van der Waals surface area contributed by atoms with Gasteiger partial charge in [0.15, 0.2) is 0 Å². The third-order valence-corrected chi connectivity index (χ3v) is 3.82. The van der Waals surface area contributed by atoms with Crippen LogP contribution in [0.25, 0.3) is 0 Å². The van der Waals surface area contributed by atoms with E-state index in [4.69, 9.17) is 4.52 Å². The standard InChI is InChI=1S/C12H18N4O2/c1-9-6-14-18-11(9)12(17)16-4-2-15(3-5-16)10-7-13-8-10/h6,10,13H,2-5,7-8H2,1H3. The smallest absolute Gasteiger partial charge is 0.292 e. The lowest BCUT2D eigenvalue weighted by molar-refractivity contribution is 0.0469. The molecular formula is C12H18N4O2. The molecule has 0 unspecified atom stereocenters. The number of piperazine rings is 1.